The van der Waals surface area contributed by atoms with E-state index in [-0.39, 0.29) is 4.90 Å². The third-order valence-corrected chi connectivity index (χ3v) is 4.82. The van der Waals surface area contributed by atoms with Gasteiger partial charge in [0.1, 0.15) is 0 Å². The Kier molecular flexibility index (Phi) is 2.64. The average Bonchev–Trinajstić information content (AvgIpc) is 2.76. The van der Waals surface area contributed by atoms with Crippen LogP contribution < -0.4 is 0 Å². The maximum atomic E-state index is 12.7. The second-order valence-corrected chi connectivity index (χ2v) is 6.06. The molecular formula is C14H12N2O2S. The molecule has 3 aromatic rings. The molecular weight excluding hydrogens is 260 g/mol. The van der Waals surface area contributed by atoms with Crippen molar-refractivity contribution in [1.82, 2.24) is 8.96 Å². The lowest BCUT2D eigenvalue weighted by atomic mass is 10.4. The molecule has 0 saturated heterocycles. The Morgan fingerprint density at radius 2 is 1.79 bits per heavy atom. The normalized spacial score (nSPS) is 11.8. The molecule has 0 aliphatic heterocycles. The van der Waals surface area contributed by atoms with Crippen LogP contribution in [0.5, 0.6) is 0 Å². The number of aryl methyl sites for hydroxylation is 1. The van der Waals surface area contributed by atoms with Crippen LogP contribution in [0, 0.1) is 6.92 Å². The topological polar surface area (TPSA) is 52.0 Å². The summed E-state index contributed by atoms with van der Waals surface area (Å²) in [4.78, 5) is 4.46. The lowest BCUT2D eigenvalue weighted by Crippen LogP contribution is -2.14. The van der Waals surface area contributed by atoms with E-state index in [2.05, 4.69) is 4.98 Å². The van der Waals surface area contributed by atoms with Crippen LogP contribution in [0.25, 0.3) is 11.0 Å². The van der Waals surface area contributed by atoms with E-state index in [0.717, 1.165) is 0 Å². The highest BCUT2D eigenvalue weighted by Crippen LogP contribution is 2.23. The lowest BCUT2D eigenvalue weighted by molar-refractivity contribution is 0.588. The number of aromatic nitrogens is 2. The molecule has 19 heavy (non-hydrogen) atoms. The summed E-state index contributed by atoms with van der Waals surface area (Å²) in [5.74, 6) is 0. The lowest BCUT2D eigenvalue weighted by Gasteiger charge is -2.09. The molecule has 2 aromatic heterocycles. The van der Waals surface area contributed by atoms with E-state index in [1.54, 1.807) is 61.7 Å². The molecule has 0 spiro atoms. The van der Waals surface area contributed by atoms with E-state index in [1.165, 1.54) is 3.97 Å². The van der Waals surface area contributed by atoms with Crippen LogP contribution in [0.4, 0.5) is 0 Å². The smallest absolute Gasteiger partial charge is 0.255 e. The number of pyridine rings is 1. The highest BCUT2D eigenvalue weighted by Gasteiger charge is 2.21. The van der Waals surface area contributed by atoms with E-state index in [1.807, 2.05) is 0 Å². The first-order chi connectivity index (χ1) is 9.10. The summed E-state index contributed by atoms with van der Waals surface area (Å²) >= 11 is 0. The highest BCUT2D eigenvalue weighted by atomic mass is 32.2. The molecule has 0 amide bonds. The third kappa shape index (κ3) is 1.82. The van der Waals surface area contributed by atoms with Crippen LogP contribution in [0.3, 0.4) is 0 Å². The molecule has 0 unspecified atom stereocenters. The van der Waals surface area contributed by atoms with Crippen molar-refractivity contribution in [2.75, 3.05) is 0 Å². The molecule has 0 aliphatic rings. The van der Waals surface area contributed by atoms with Gasteiger partial charge in [-0.15, -0.1) is 0 Å². The van der Waals surface area contributed by atoms with Crippen LogP contribution in [0.2, 0.25) is 0 Å². The van der Waals surface area contributed by atoms with Crippen molar-refractivity contribution >= 4 is 21.1 Å². The van der Waals surface area contributed by atoms with Gasteiger partial charge in [-0.3, -0.25) is 4.98 Å². The highest BCUT2D eigenvalue weighted by molar-refractivity contribution is 7.90. The van der Waals surface area contributed by atoms with Gasteiger partial charge in [-0.25, -0.2) is 12.4 Å². The van der Waals surface area contributed by atoms with Gasteiger partial charge in [-0.05, 0) is 37.3 Å². The van der Waals surface area contributed by atoms with Gasteiger partial charge in [0.05, 0.1) is 15.9 Å². The van der Waals surface area contributed by atoms with Crippen molar-refractivity contribution < 1.29 is 8.42 Å². The quantitative estimate of drug-likeness (QED) is 0.720. The Labute approximate surface area is 111 Å². The van der Waals surface area contributed by atoms with Crippen LogP contribution in [0.15, 0.2) is 59.6 Å². The molecule has 0 saturated carbocycles. The Bertz CT molecular complexity index is 836. The van der Waals surface area contributed by atoms with Crippen LogP contribution >= 0.6 is 0 Å². The number of hydrogen-bond acceptors (Lipinski definition) is 3. The van der Waals surface area contributed by atoms with Gasteiger partial charge in [0.2, 0.25) is 0 Å². The molecule has 0 atom stereocenters. The predicted molar refractivity (Wildman–Crippen MR) is 73.5 cm³/mol. The van der Waals surface area contributed by atoms with Gasteiger partial charge in [0.25, 0.3) is 10.0 Å². The first-order valence-corrected chi connectivity index (χ1v) is 7.28. The monoisotopic (exact) mass is 272 g/mol. The Morgan fingerprint density at radius 1 is 1.05 bits per heavy atom. The molecule has 0 aliphatic carbocycles. The number of hydrogen-bond donors (Lipinski definition) is 0. The first-order valence-electron chi connectivity index (χ1n) is 5.84. The summed E-state index contributed by atoms with van der Waals surface area (Å²) in [6.07, 6.45) is 1.65. The van der Waals surface area contributed by atoms with Crippen molar-refractivity contribution in [3.05, 3.63) is 60.4 Å². The number of rotatable bonds is 2. The van der Waals surface area contributed by atoms with Gasteiger partial charge in [0, 0.05) is 11.9 Å². The maximum Gasteiger partial charge on any atom is 0.268 e. The van der Waals surface area contributed by atoms with E-state index < -0.39 is 10.0 Å². The molecule has 0 bridgehead atoms. The summed E-state index contributed by atoms with van der Waals surface area (Å²) in [5, 5.41) is 0. The van der Waals surface area contributed by atoms with Crippen molar-refractivity contribution in [1.29, 1.82) is 0 Å². The minimum atomic E-state index is -3.58. The molecule has 0 radical (unpaired) electrons. The molecule has 1 aromatic carbocycles. The molecule has 2 heterocycles. The molecule has 0 N–H and O–H groups in total. The fourth-order valence-corrected chi connectivity index (χ4v) is 3.71. The zero-order valence-electron chi connectivity index (χ0n) is 10.3. The van der Waals surface area contributed by atoms with E-state index in [4.69, 9.17) is 0 Å². The third-order valence-electron chi connectivity index (χ3n) is 2.98. The fraction of sp³-hybridized carbons (Fsp3) is 0.0714. The number of nitrogens with zero attached hydrogens (tertiary/aromatic N) is 2. The standard InChI is InChI=1S/C14H12N2O2S/c1-11-10-13-14(8-5-9-15-13)16(11)19(17,18)12-6-3-2-4-7-12/h2-10H,1H3. The van der Waals surface area contributed by atoms with E-state index in [9.17, 15) is 8.42 Å². The Hall–Kier alpha value is -2.14. The molecule has 3 rings (SSSR count). The van der Waals surface area contributed by atoms with Crippen LogP contribution in [-0.2, 0) is 10.0 Å². The van der Waals surface area contributed by atoms with Crippen molar-refractivity contribution in [3.8, 4) is 0 Å². The van der Waals surface area contributed by atoms with Gasteiger partial charge < -0.3 is 0 Å². The first kappa shape index (κ1) is 11.9. The predicted octanol–water partition coefficient (Wildman–Crippen LogP) is 2.58. The zero-order chi connectivity index (χ0) is 13.5. The Balaban J connectivity index is 2.34. The minimum Gasteiger partial charge on any atom is -0.255 e. The van der Waals surface area contributed by atoms with Gasteiger partial charge in [-0.1, -0.05) is 18.2 Å². The summed E-state index contributed by atoms with van der Waals surface area (Å²) in [6, 6.07) is 13.7. The summed E-state index contributed by atoms with van der Waals surface area (Å²) in [6.45, 7) is 1.77. The molecule has 96 valence electrons. The summed E-state index contributed by atoms with van der Waals surface area (Å²) in [7, 11) is -3.58. The van der Waals surface area contributed by atoms with Gasteiger partial charge in [0.15, 0.2) is 0 Å². The summed E-state index contributed by atoms with van der Waals surface area (Å²) in [5.41, 5.74) is 1.93. The zero-order valence-corrected chi connectivity index (χ0v) is 11.1. The molecule has 0 fully saturated rings. The van der Waals surface area contributed by atoms with Crippen LogP contribution in [0.1, 0.15) is 5.69 Å². The second-order valence-electron chi connectivity index (χ2n) is 4.28. The number of fused-ring (bicyclic) bond motifs is 1. The largest absolute Gasteiger partial charge is 0.268 e. The van der Waals surface area contributed by atoms with Gasteiger partial charge in [-0.2, -0.15) is 0 Å². The average molecular weight is 272 g/mol. The molecule has 4 nitrogen and oxygen atoms in total. The van der Waals surface area contributed by atoms with E-state index >= 15 is 0 Å². The van der Waals surface area contributed by atoms with Gasteiger partial charge >= 0.3 is 0 Å². The van der Waals surface area contributed by atoms with Crippen molar-refractivity contribution in [3.63, 3.8) is 0 Å². The minimum absolute atomic E-state index is 0.277. The van der Waals surface area contributed by atoms with Crippen molar-refractivity contribution in [2.45, 2.75) is 11.8 Å². The van der Waals surface area contributed by atoms with Crippen LogP contribution in [-0.4, -0.2) is 17.4 Å². The fourth-order valence-electron chi connectivity index (χ4n) is 2.16. The number of benzene rings is 1. The second kappa shape index (κ2) is 4.20. The maximum absolute atomic E-state index is 12.7. The SMILES string of the molecule is Cc1cc2ncccc2n1S(=O)(=O)c1ccccc1. The van der Waals surface area contributed by atoms with E-state index in [0.29, 0.717) is 16.7 Å². The summed E-state index contributed by atoms with van der Waals surface area (Å²) < 4.78 is 26.7. The Morgan fingerprint density at radius 3 is 2.53 bits per heavy atom. The molecule has 5 heteroatoms. The van der Waals surface area contributed by atoms with Crippen molar-refractivity contribution in [2.24, 2.45) is 0 Å².